The Labute approximate surface area is 215 Å². The fraction of sp³-hybridized carbons (Fsp3) is 0.0625. The molecule has 0 radical (unpaired) electrons. The maximum atomic E-state index is 9.23. The average Bonchev–Trinajstić information content (AvgIpc) is 3.56. The maximum Gasteiger partial charge on any atom is 0.146 e. The molecule has 0 bridgehead atoms. The second kappa shape index (κ2) is 8.21. The molecule has 0 fully saturated rings. The van der Waals surface area contributed by atoms with Crippen LogP contribution in [0.5, 0.6) is 0 Å². The van der Waals surface area contributed by atoms with Crippen molar-refractivity contribution in [2.75, 3.05) is 0 Å². The summed E-state index contributed by atoms with van der Waals surface area (Å²) in [5, 5.41) is 1.62. The number of aryl methyl sites for hydroxylation is 1. The minimum atomic E-state index is -2.19. The van der Waals surface area contributed by atoms with Gasteiger partial charge in [0.25, 0.3) is 0 Å². The Morgan fingerprint density at radius 1 is 0.778 bits per heavy atom. The largest absolute Gasteiger partial charge is 0.455 e. The Bertz CT molecular complexity index is 2060. The summed E-state index contributed by atoms with van der Waals surface area (Å²) in [6, 6.07) is 29.1. The van der Waals surface area contributed by atoms with Crippen molar-refractivity contribution >= 4 is 33.0 Å². The minimum Gasteiger partial charge on any atom is -0.455 e. The van der Waals surface area contributed by atoms with Gasteiger partial charge in [-0.15, -0.1) is 0 Å². The zero-order valence-corrected chi connectivity index (χ0v) is 19.1. The van der Waals surface area contributed by atoms with Gasteiger partial charge in [-0.1, -0.05) is 84.4 Å². The first kappa shape index (κ1) is 16.1. The molecule has 7 rings (SSSR count). The number of fused-ring (bicyclic) bond motifs is 4. The highest BCUT2D eigenvalue weighted by molar-refractivity contribution is 6.12. The summed E-state index contributed by atoms with van der Waals surface area (Å²) >= 11 is 0. The molecule has 0 saturated heterocycles. The van der Waals surface area contributed by atoms with Gasteiger partial charge < -0.3 is 8.98 Å². The van der Waals surface area contributed by atoms with Gasteiger partial charge in [0.1, 0.15) is 17.0 Å². The third-order valence-corrected chi connectivity index (χ3v) is 6.42. The van der Waals surface area contributed by atoms with Crippen molar-refractivity contribution in [2.45, 2.75) is 13.3 Å². The monoisotopic (exact) mass is 470 g/mol. The first-order valence-electron chi connectivity index (χ1n) is 14.2. The van der Waals surface area contributed by atoms with Crippen LogP contribution < -0.4 is 0 Å². The Balaban J connectivity index is 1.47. The topological polar surface area (TPSA) is 43.9 Å². The summed E-state index contributed by atoms with van der Waals surface area (Å²) in [5.41, 5.74) is 5.45. The van der Waals surface area contributed by atoms with E-state index in [2.05, 4.69) is 4.98 Å². The molecular weight excluding hydrogens is 442 g/mol. The number of aromatic nitrogens is 3. The van der Waals surface area contributed by atoms with Crippen molar-refractivity contribution in [2.24, 2.45) is 0 Å². The molecule has 0 aliphatic heterocycles. The van der Waals surface area contributed by atoms with Crippen LogP contribution >= 0.6 is 0 Å². The Morgan fingerprint density at radius 3 is 2.44 bits per heavy atom. The van der Waals surface area contributed by atoms with E-state index < -0.39 is 13.3 Å². The van der Waals surface area contributed by atoms with Gasteiger partial charge in [0.2, 0.25) is 0 Å². The molecule has 4 nitrogen and oxygen atoms in total. The Kier molecular flexibility index (Phi) is 3.66. The molecule has 0 aliphatic carbocycles. The van der Waals surface area contributed by atoms with Crippen molar-refractivity contribution in [3.05, 3.63) is 121 Å². The van der Waals surface area contributed by atoms with Crippen LogP contribution in [0.25, 0.3) is 55.5 Å². The third-order valence-electron chi connectivity index (χ3n) is 6.42. The van der Waals surface area contributed by atoms with E-state index in [-0.39, 0.29) is 5.56 Å². The number of furan rings is 1. The molecule has 4 heteroatoms. The molecule has 4 aromatic carbocycles. The Hall–Kier alpha value is -4.70. The van der Waals surface area contributed by atoms with E-state index in [1.165, 1.54) is 0 Å². The SMILES string of the molecule is [2H]C([2H])([2H])c1ccc(-c2cncc3c2oc2c(-c4nc5ccccc5n4C([2H])([2H])c4ccccc4)cccc23)cc1. The van der Waals surface area contributed by atoms with Crippen LogP contribution in [0.1, 0.15) is 18.0 Å². The lowest BCUT2D eigenvalue weighted by Gasteiger charge is -2.10. The fourth-order valence-corrected chi connectivity index (χ4v) is 4.70. The van der Waals surface area contributed by atoms with Crippen LogP contribution in [-0.4, -0.2) is 14.5 Å². The average molecular weight is 471 g/mol. The highest BCUT2D eigenvalue weighted by Gasteiger charge is 2.20. The van der Waals surface area contributed by atoms with E-state index in [0.717, 1.165) is 21.9 Å². The maximum absolute atomic E-state index is 9.23. The number of rotatable bonds is 4. The molecule has 36 heavy (non-hydrogen) atoms. The van der Waals surface area contributed by atoms with E-state index in [1.807, 2.05) is 60.7 Å². The zero-order valence-electron chi connectivity index (χ0n) is 24.1. The number of pyridine rings is 1. The number of hydrogen-bond acceptors (Lipinski definition) is 3. The third kappa shape index (κ3) is 3.30. The molecule has 3 heterocycles. The number of hydrogen-bond donors (Lipinski definition) is 0. The summed E-state index contributed by atoms with van der Waals surface area (Å²) in [7, 11) is 0. The minimum absolute atomic E-state index is 0.264. The van der Waals surface area contributed by atoms with E-state index in [4.69, 9.17) is 13.5 Å². The first-order valence-corrected chi connectivity index (χ1v) is 11.7. The lowest BCUT2D eigenvalue weighted by Crippen LogP contribution is -2.02. The molecular formula is C32H23N3O. The number of benzene rings is 4. The van der Waals surface area contributed by atoms with Crippen LogP contribution in [0.3, 0.4) is 0 Å². The van der Waals surface area contributed by atoms with E-state index >= 15 is 0 Å². The van der Waals surface area contributed by atoms with E-state index in [9.17, 15) is 2.74 Å². The summed E-state index contributed by atoms with van der Waals surface area (Å²) in [4.78, 5) is 9.37. The Morgan fingerprint density at radius 2 is 1.58 bits per heavy atom. The second-order valence-electron chi connectivity index (χ2n) is 8.66. The van der Waals surface area contributed by atoms with Crippen molar-refractivity contribution in [3.63, 3.8) is 0 Å². The predicted molar refractivity (Wildman–Crippen MR) is 146 cm³/mol. The molecule has 0 atom stereocenters. The van der Waals surface area contributed by atoms with Crippen molar-refractivity contribution in [1.29, 1.82) is 0 Å². The smallest absolute Gasteiger partial charge is 0.146 e. The summed E-state index contributed by atoms with van der Waals surface area (Å²) < 4.78 is 49.7. The zero-order chi connectivity index (χ0) is 28.4. The van der Waals surface area contributed by atoms with Crippen LogP contribution in [-0.2, 0) is 6.50 Å². The highest BCUT2D eigenvalue weighted by Crippen LogP contribution is 2.39. The molecule has 172 valence electrons. The van der Waals surface area contributed by atoms with Crippen molar-refractivity contribution < 1.29 is 11.3 Å². The number of para-hydroxylation sites is 3. The van der Waals surface area contributed by atoms with Gasteiger partial charge in [0.05, 0.1) is 19.3 Å². The van der Waals surface area contributed by atoms with Gasteiger partial charge in [-0.05, 0) is 36.2 Å². The number of nitrogens with zero attached hydrogens (tertiary/aromatic N) is 3. The van der Waals surface area contributed by atoms with Crippen LogP contribution in [0, 0.1) is 6.85 Å². The van der Waals surface area contributed by atoms with Crippen LogP contribution in [0.2, 0.25) is 0 Å². The molecule has 7 aromatic rings. The van der Waals surface area contributed by atoms with Crippen LogP contribution in [0.15, 0.2) is 114 Å². The van der Waals surface area contributed by atoms with Crippen molar-refractivity contribution in [1.82, 2.24) is 14.5 Å². The van der Waals surface area contributed by atoms with Gasteiger partial charge in [-0.3, -0.25) is 4.98 Å². The van der Waals surface area contributed by atoms with Gasteiger partial charge in [0, 0.05) is 39.3 Å². The first-order chi connectivity index (χ1) is 19.7. The molecule has 0 unspecified atom stereocenters. The molecule has 0 spiro atoms. The van der Waals surface area contributed by atoms with Gasteiger partial charge in [-0.2, -0.15) is 0 Å². The second-order valence-corrected chi connectivity index (χ2v) is 8.66. The quantitative estimate of drug-likeness (QED) is 0.262. The summed E-state index contributed by atoms with van der Waals surface area (Å²) in [6.45, 7) is -4.09. The highest BCUT2D eigenvalue weighted by atomic mass is 16.3. The molecule has 3 aromatic heterocycles. The molecule has 0 amide bonds. The van der Waals surface area contributed by atoms with Crippen LogP contribution in [0.4, 0.5) is 0 Å². The van der Waals surface area contributed by atoms with E-state index in [1.54, 1.807) is 53.4 Å². The van der Waals surface area contributed by atoms with E-state index in [0.29, 0.717) is 39.2 Å². The molecule has 0 aliphatic rings. The van der Waals surface area contributed by atoms with Gasteiger partial charge in [-0.25, -0.2) is 4.98 Å². The lowest BCUT2D eigenvalue weighted by molar-refractivity contribution is 0.669. The van der Waals surface area contributed by atoms with Gasteiger partial charge >= 0.3 is 0 Å². The van der Waals surface area contributed by atoms with Crippen molar-refractivity contribution in [3.8, 4) is 22.5 Å². The fourth-order valence-electron chi connectivity index (χ4n) is 4.70. The van der Waals surface area contributed by atoms with Gasteiger partial charge in [0.15, 0.2) is 0 Å². The lowest BCUT2D eigenvalue weighted by atomic mass is 10.0. The summed E-state index contributed by atoms with van der Waals surface area (Å²) in [6.07, 6.45) is 3.45. The summed E-state index contributed by atoms with van der Waals surface area (Å²) in [5.74, 6) is 0.446. The molecule has 0 saturated carbocycles. The normalized spacial score (nSPS) is 14.4. The predicted octanol–water partition coefficient (Wildman–Crippen LogP) is 8.02. The number of imidazole rings is 1. The molecule has 0 N–H and O–H groups in total. The standard InChI is InChI=1S/C32H23N3O/c1-21-14-16-23(17-15-21)26-18-33-19-27-24-10-7-11-25(30(24)36-31(26)27)32-34-28-12-5-6-13-29(28)35(32)20-22-8-3-2-4-9-22/h2-19H,20H2,1H3/i1D3,20D2.